The van der Waals surface area contributed by atoms with Crippen molar-refractivity contribution < 1.29 is 0 Å². The van der Waals surface area contributed by atoms with E-state index in [2.05, 4.69) is 25.7 Å². The smallest absolute Gasteiger partial charge is 0.0309 e. The first-order valence-electron chi connectivity index (χ1n) is 2.56. The summed E-state index contributed by atoms with van der Waals surface area (Å²) in [7, 11) is 0. The minimum atomic E-state index is 0.510. The normalized spacial score (nSPS) is 8.00. The maximum Gasteiger partial charge on any atom is 0.0309 e. The van der Waals surface area contributed by atoms with Crippen molar-refractivity contribution in [3.05, 3.63) is 6.42 Å². The fourth-order valence-electron chi connectivity index (χ4n) is 0.250. The van der Waals surface area contributed by atoms with Gasteiger partial charge in [-0.3, -0.25) is 0 Å². The van der Waals surface area contributed by atoms with Gasteiger partial charge in [-0.1, -0.05) is 26.7 Å². The van der Waals surface area contributed by atoms with Crippen LogP contribution in [0.25, 0.3) is 0 Å². The topological polar surface area (TPSA) is 0 Å². The molecule has 0 N–H and O–H groups in total. The van der Waals surface area contributed by atoms with Gasteiger partial charge in [0.15, 0.2) is 0 Å². The number of hydrogen-bond acceptors (Lipinski definition) is 0. The summed E-state index contributed by atoms with van der Waals surface area (Å²) in [6.45, 7) is 6.10. The van der Waals surface area contributed by atoms with Crippen LogP contribution in [0.1, 0.15) is 20.8 Å². The van der Waals surface area contributed by atoms with Crippen LogP contribution in [0.15, 0.2) is 0 Å². The van der Waals surface area contributed by atoms with Crippen LogP contribution in [0.2, 0.25) is 0 Å². The molecule has 0 heterocycles. The van der Waals surface area contributed by atoms with Crippen LogP contribution in [-0.4, -0.2) is 0 Å². The second kappa shape index (κ2) is 3.74. The predicted octanol–water partition coefficient (Wildman–Crippen LogP) is 1.87. The van der Waals surface area contributed by atoms with Gasteiger partial charge < -0.3 is 0 Å². The van der Waals surface area contributed by atoms with Gasteiger partial charge in [0.05, 0.1) is 0 Å². The molecule has 0 rings (SSSR count). The van der Waals surface area contributed by atoms with Gasteiger partial charge in [0.1, 0.15) is 0 Å². The summed E-state index contributed by atoms with van der Waals surface area (Å²) in [5.41, 5.74) is 0. The zero-order valence-electron chi connectivity index (χ0n) is 5.15. The predicted molar refractivity (Wildman–Crippen MR) is 32.6 cm³/mol. The molecule has 1 radical (unpaired) electrons. The minimum Gasteiger partial charge on any atom is -0.100 e. The van der Waals surface area contributed by atoms with Crippen LogP contribution in [0.4, 0.5) is 0 Å². The lowest BCUT2D eigenvalue weighted by Gasteiger charge is -1.83. The van der Waals surface area contributed by atoms with E-state index in [9.17, 15) is 0 Å². The summed E-state index contributed by atoms with van der Waals surface area (Å²) in [5, 5.41) is 0. The van der Waals surface area contributed by atoms with Gasteiger partial charge in [0.2, 0.25) is 0 Å². The molecular formula is C7H11. The van der Waals surface area contributed by atoms with Crippen LogP contribution in [0, 0.1) is 24.2 Å². The molecule has 39 valence electrons. The lowest BCUT2D eigenvalue weighted by molar-refractivity contribution is 0.866. The highest BCUT2D eigenvalue weighted by molar-refractivity contribution is 5.08. The molecule has 0 saturated carbocycles. The van der Waals surface area contributed by atoms with Gasteiger partial charge in [0.25, 0.3) is 0 Å². The average molecular weight is 95.2 g/mol. The van der Waals surface area contributed by atoms with Gasteiger partial charge in [0, 0.05) is 12.3 Å². The molecule has 0 atom stereocenters. The molecule has 0 aliphatic heterocycles. The molecule has 0 nitrogen and oxygen atoms in total. The van der Waals surface area contributed by atoms with Gasteiger partial charge in [-0.2, -0.15) is 0 Å². The van der Waals surface area contributed by atoms with Crippen LogP contribution in [0.5, 0.6) is 0 Å². The lowest BCUT2D eigenvalue weighted by Crippen LogP contribution is -1.75. The maximum atomic E-state index is 2.99. The zero-order valence-corrected chi connectivity index (χ0v) is 5.15. The van der Waals surface area contributed by atoms with Crippen molar-refractivity contribution in [2.75, 3.05) is 0 Å². The van der Waals surface area contributed by atoms with Crippen molar-refractivity contribution >= 4 is 0 Å². The Hall–Kier alpha value is -0.440. The number of rotatable bonds is 0. The van der Waals surface area contributed by atoms with Crippen molar-refractivity contribution in [2.24, 2.45) is 5.92 Å². The van der Waals surface area contributed by atoms with Gasteiger partial charge >= 0.3 is 0 Å². The van der Waals surface area contributed by atoms with Crippen molar-refractivity contribution in [1.29, 1.82) is 0 Å². The molecule has 0 aromatic carbocycles. The summed E-state index contributed by atoms with van der Waals surface area (Å²) in [6, 6.07) is 0. The van der Waals surface area contributed by atoms with Crippen LogP contribution in [0.3, 0.4) is 0 Å². The minimum absolute atomic E-state index is 0.510. The van der Waals surface area contributed by atoms with Crippen LogP contribution >= 0.6 is 0 Å². The van der Waals surface area contributed by atoms with E-state index in [1.165, 1.54) is 0 Å². The fraction of sp³-hybridized carbons (Fsp3) is 0.571. The molecule has 0 bridgehead atoms. The SMILES string of the molecule is C[CH]C#CC(C)C. The quantitative estimate of drug-likeness (QED) is 0.403. The highest BCUT2D eigenvalue weighted by atomic mass is 13.8. The Morgan fingerprint density at radius 2 is 2.00 bits per heavy atom. The molecule has 0 amide bonds. The van der Waals surface area contributed by atoms with Gasteiger partial charge in [-0.15, -0.1) is 5.92 Å². The molecule has 0 aromatic heterocycles. The van der Waals surface area contributed by atoms with E-state index in [1.54, 1.807) is 0 Å². The molecule has 0 aliphatic rings. The van der Waals surface area contributed by atoms with Crippen LogP contribution in [-0.2, 0) is 0 Å². The Balaban J connectivity index is 3.24. The largest absolute Gasteiger partial charge is 0.100 e. The Morgan fingerprint density at radius 3 is 2.14 bits per heavy atom. The second-order valence-corrected chi connectivity index (χ2v) is 1.73. The molecule has 0 saturated heterocycles. The first-order chi connectivity index (χ1) is 3.27. The van der Waals surface area contributed by atoms with Gasteiger partial charge in [-0.25, -0.2) is 0 Å². The third-order valence-electron chi connectivity index (χ3n) is 0.516. The molecule has 0 fully saturated rings. The molecule has 0 aromatic rings. The summed E-state index contributed by atoms with van der Waals surface area (Å²) >= 11 is 0. The molecular weight excluding hydrogens is 84.1 g/mol. The summed E-state index contributed by atoms with van der Waals surface area (Å²) in [6.07, 6.45) is 1.86. The van der Waals surface area contributed by atoms with E-state index in [-0.39, 0.29) is 0 Å². The van der Waals surface area contributed by atoms with E-state index in [0.29, 0.717) is 5.92 Å². The molecule has 0 unspecified atom stereocenters. The van der Waals surface area contributed by atoms with E-state index in [4.69, 9.17) is 0 Å². The third kappa shape index (κ3) is 5.56. The van der Waals surface area contributed by atoms with Crippen LogP contribution < -0.4 is 0 Å². The Kier molecular flexibility index (Phi) is 3.50. The lowest BCUT2D eigenvalue weighted by atomic mass is 10.2. The second-order valence-electron chi connectivity index (χ2n) is 1.73. The van der Waals surface area contributed by atoms with Crippen molar-refractivity contribution in [1.82, 2.24) is 0 Å². The van der Waals surface area contributed by atoms with E-state index < -0.39 is 0 Å². The Labute approximate surface area is 45.9 Å². The van der Waals surface area contributed by atoms with Crippen molar-refractivity contribution in [2.45, 2.75) is 20.8 Å². The van der Waals surface area contributed by atoms with E-state index in [0.717, 1.165) is 0 Å². The molecule has 0 aliphatic carbocycles. The van der Waals surface area contributed by atoms with E-state index >= 15 is 0 Å². The van der Waals surface area contributed by atoms with Crippen molar-refractivity contribution in [3.63, 3.8) is 0 Å². The van der Waals surface area contributed by atoms with Crippen molar-refractivity contribution in [3.8, 4) is 11.8 Å². The van der Waals surface area contributed by atoms with E-state index in [1.807, 2.05) is 13.3 Å². The average Bonchev–Trinajstić information content (AvgIpc) is 1.61. The first kappa shape index (κ1) is 6.56. The highest BCUT2D eigenvalue weighted by Crippen LogP contribution is 1.85. The monoisotopic (exact) mass is 95.1 g/mol. The number of hydrogen-bond donors (Lipinski definition) is 0. The summed E-state index contributed by atoms with van der Waals surface area (Å²) < 4.78 is 0. The first-order valence-corrected chi connectivity index (χ1v) is 2.56. The summed E-state index contributed by atoms with van der Waals surface area (Å²) in [4.78, 5) is 0. The highest BCUT2D eigenvalue weighted by Gasteiger charge is 1.77. The zero-order chi connectivity index (χ0) is 5.70. The molecule has 7 heavy (non-hydrogen) atoms. The summed E-state index contributed by atoms with van der Waals surface area (Å²) in [5.74, 6) is 6.37. The standard InChI is InChI=1S/C7H11/c1-4-5-6-7(2)3/h4,7H,1-3H3. The third-order valence-corrected chi connectivity index (χ3v) is 0.516. The molecule has 0 spiro atoms. The maximum absolute atomic E-state index is 2.99. The fourth-order valence-corrected chi connectivity index (χ4v) is 0.250. The Bertz CT molecular complexity index is 79.9. The molecule has 0 heteroatoms. The van der Waals surface area contributed by atoms with Gasteiger partial charge in [-0.05, 0) is 0 Å². The Morgan fingerprint density at radius 1 is 1.43 bits per heavy atom.